The summed E-state index contributed by atoms with van der Waals surface area (Å²) in [6, 6.07) is 7.34. The first kappa shape index (κ1) is 15.2. The Kier molecular flexibility index (Phi) is 5.75. The minimum atomic E-state index is 0.0818. The summed E-state index contributed by atoms with van der Waals surface area (Å²) < 4.78 is 1.74. The number of anilines is 1. The summed E-state index contributed by atoms with van der Waals surface area (Å²) in [5, 5.41) is 11.8. The van der Waals surface area contributed by atoms with Gasteiger partial charge in [0.1, 0.15) is 0 Å². The van der Waals surface area contributed by atoms with E-state index in [0.717, 1.165) is 13.9 Å². The molecule has 0 aliphatic carbocycles. The molecule has 1 heterocycles. The number of thioether (sulfide) groups is 1. The monoisotopic (exact) mass is 369 g/mol. The fourth-order valence-electron chi connectivity index (χ4n) is 1.35. The molecule has 20 heavy (non-hydrogen) atoms. The third-order valence-electron chi connectivity index (χ3n) is 2.30. The predicted octanol–water partition coefficient (Wildman–Crippen LogP) is 3.87. The van der Waals surface area contributed by atoms with E-state index >= 15 is 0 Å². The average Bonchev–Trinajstić information content (AvgIpc) is 2.91. The lowest BCUT2D eigenvalue weighted by Crippen LogP contribution is -2.01. The highest BCUT2D eigenvalue weighted by Crippen LogP contribution is 2.26. The second kappa shape index (κ2) is 7.56. The van der Waals surface area contributed by atoms with Crippen LogP contribution in [0.1, 0.15) is 10.4 Å². The first-order valence-electron chi connectivity index (χ1n) is 5.79. The van der Waals surface area contributed by atoms with Gasteiger partial charge in [-0.05, 0) is 12.1 Å². The molecule has 0 amide bonds. The summed E-state index contributed by atoms with van der Waals surface area (Å²) in [6.45, 7) is 4.27. The SMILES string of the molecule is C=CCNc1nnc(SCC(=O)c2ccc(Br)cc2)s1. The maximum absolute atomic E-state index is 12.0. The van der Waals surface area contributed by atoms with Crippen molar-refractivity contribution < 1.29 is 4.79 Å². The van der Waals surface area contributed by atoms with E-state index in [1.54, 1.807) is 6.08 Å². The van der Waals surface area contributed by atoms with Crippen molar-refractivity contribution in [3.8, 4) is 0 Å². The number of rotatable bonds is 7. The van der Waals surface area contributed by atoms with Crippen molar-refractivity contribution >= 4 is 49.9 Å². The van der Waals surface area contributed by atoms with Crippen LogP contribution in [0.2, 0.25) is 0 Å². The van der Waals surface area contributed by atoms with Gasteiger partial charge in [-0.25, -0.2) is 0 Å². The fourth-order valence-corrected chi connectivity index (χ4v) is 3.26. The van der Waals surface area contributed by atoms with E-state index < -0.39 is 0 Å². The molecule has 0 fully saturated rings. The van der Waals surface area contributed by atoms with Crippen LogP contribution in [-0.2, 0) is 0 Å². The van der Waals surface area contributed by atoms with Crippen LogP contribution in [0.4, 0.5) is 5.13 Å². The Labute approximate surface area is 133 Å². The number of hydrogen-bond donors (Lipinski definition) is 1. The van der Waals surface area contributed by atoms with E-state index in [-0.39, 0.29) is 5.78 Å². The van der Waals surface area contributed by atoms with E-state index in [4.69, 9.17) is 0 Å². The van der Waals surface area contributed by atoms with Gasteiger partial charge in [-0.2, -0.15) is 0 Å². The molecule has 4 nitrogen and oxygen atoms in total. The van der Waals surface area contributed by atoms with Crippen molar-refractivity contribution in [2.75, 3.05) is 17.6 Å². The van der Waals surface area contributed by atoms with Crippen molar-refractivity contribution in [1.29, 1.82) is 0 Å². The minimum Gasteiger partial charge on any atom is -0.357 e. The van der Waals surface area contributed by atoms with E-state index in [2.05, 4.69) is 38.0 Å². The molecule has 0 spiro atoms. The molecule has 2 aromatic rings. The number of halogens is 1. The Bertz CT molecular complexity index is 598. The zero-order valence-electron chi connectivity index (χ0n) is 10.5. The van der Waals surface area contributed by atoms with Crippen molar-refractivity contribution in [2.45, 2.75) is 4.34 Å². The number of carbonyl (C=O) groups is 1. The number of carbonyl (C=O) groups excluding carboxylic acids is 1. The molecule has 0 saturated heterocycles. The van der Waals surface area contributed by atoms with Crippen LogP contribution in [0.3, 0.4) is 0 Å². The molecule has 7 heteroatoms. The number of Topliss-reactive ketones (excluding diaryl/α,β-unsaturated/α-hetero) is 1. The standard InChI is InChI=1S/C13H12BrN3OS2/c1-2-7-15-12-16-17-13(20-12)19-8-11(18)9-3-5-10(14)6-4-9/h2-6H,1,7-8H2,(H,15,16). The Morgan fingerprint density at radius 3 is 2.85 bits per heavy atom. The predicted molar refractivity (Wildman–Crippen MR) is 87.8 cm³/mol. The van der Waals surface area contributed by atoms with Crippen LogP contribution in [0, 0.1) is 0 Å². The topological polar surface area (TPSA) is 54.9 Å². The highest BCUT2D eigenvalue weighted by Gasteiger charge is 2.09. The van der Waals surface area contributed by atoms with E-state index in [1.807, 2.05) is 24.3 Å². The van der Waals surface area contributed by atoms with Gasteiger partial charge in [0, 0.05) is 16.6 Å². The number of ketones is 1. The van der Waals surface area contributed by atoms with Gasteiger partial charge in [0.25, 0.3) is 0 Å². The lowest BCUT2D eigenvalue weighted by molar-refractivity contribution is 0.102. The van der Waals surface area contributed by atoms with Crippen LogP contribution in [0.25, 0.3) is 0 Å². The first-order valence-corrected chi connectivity index (χ1v) is 8.38. The summed E-state index contributed by atoms with van der Waals surface area (Å²) >= 11 is 6.18. The Hall–Kier alpha value is -1.18. The summed E-state index contributed by atoms with van der Waals surface area (Å²) in [4.78, 5) is 12.0. The summed E-state index contributed by atoms with van der Waals surface area (Å²) in [6.07, 6.45) is 1.76. The van der Waals surface area contributed by atoms with Gasteiger partial charge >= 0.3 is 0 Å². The van der Waals surface area contributed by atoms with Crippen LogP contribution in [-0.4, -0.2) is 28.3 Å². The van der Waals surface area contributed by atoms with Gasteiger partial charge in [0.15, 0.2) is 10.1 Å². The molecule has 1 aromatic heterocycles. The Morgan fingerprint density at radius 2 is 2.15 bits per heavy atom. The summed E-state index contributed by atoms with van der Waals surface area (Å²) in [5.41, 5.74) is 0.704. The Balaban J connectivity index is 1.88. The van der Waals surface area contributed by atoms with Crippen molar-refractivity contribution in [1.82, 2.24) is 10.2 Å². The molecule has 0 atom stereocenters. The van der Waals surface area contributed by atoms with E-state index in [0.29, 0.717) is 17.9 Å². The van der Waals surface area contributed by atoms with E-state index in [9.17, 15) is 4.79 Å². The number of benzene rings is 1. The molecule has 1 N–H and O–H groups in total. The molecule has 0 bridgehead atoms. The van der Waals surface area contributed by atoms with Crippen molar-refractivity contribution in [2.24, 2.45) is 0 Å². The molecule has 104 valence electrons. The van der Waals surface area contributed by atoms with Gasteiger partial charge in [0.2, 0.25) is 5.13 Å². The zero-order valence-corrected chi connectivity index (χ0v) is 13.7. The lowest BCUT2D eigenvalue weighted by atomic mass is 10.2. The molecular formula is C13H12BrN3OS2. The quantitative estimate of drug-likeness (QED) is 0.456. The normalized spacial score (nSPS) is 10.2. The highest BCUT2D eigenvalue weighted by molar-refractivity contribution is 9.10. The van der Waals surface area contributed by atoms with Crippen LogP contribution < -0.4 is 5.32 Å². The minimum absolute atomic E-state index is 0.0818. The molecule has 0 aliphatic heterocycles. The number of aromatic nitrogens is 2. The average molecular weight is 370 g/mol. The second-order valence-corrected chi connectivity index (χ2v) is 6.88. The molecule has 0 radical (unpaired) electrons. The van der Waals surface area contributed by atoms with Gasteiger partial charge in [-0.3, -0.25) is 4.79 Å². The summed E-state index contributed by atoms with van der Waals surface area (Å²) in [5.74, 6) is 0.441. The van der Waals surface area contributed by atoms with Crippen LogP contribution >= 0.6 is 39.0 Å². The van der Waals surface area contributed by atoms with Gasteiger partial charge in [-0.1, -0.05) is 57.2 Å². The smallest absolute Gasteiger partial charge is 0.206 e. The molecular weight excluding hydrogens is 358 g/mol. The van der Waals surface area contributed by atoms with Gasteiger partial charge in [0.05, 0.1) is 5.75 Å². The maximum Gasteiger partial charge on any atom is 0.206 e. The molecule has 1 aromatic carbocycles. The molecule has 2 rings (SSSR count). The third-order valence-corrected chi connectivity index (χ3v) is 4.84. The Morgan fingerprint density at radius 1 is 1.40 bits per heavy atom. The fraction of sp³-hybridized carbons (Fsp3) is 0.154. The van der Waals surface area contributed by atoms with Crippen molar-refractivity contribution in [3.63, 3.8) is 0 Å². The van der Waals surface area contributed by atoms with Crippen LogP contribution in [0.5, 0.6) is 0 Å². The van der Waals surface area contributed by atoms with E-state index in [1.165, 1.54) is 23.1 Å². The van der Waals surface area contributed by atoms with Crippen molar-refractivity contribution in [3.05, 3.63) is 47.0 Å². The van der Waals surface area contributed by atoms with Gasteiger partial charge in [-0.15, -0.1) is 16.8 Å². The summed E-state index contributed by atoms with van der Waals surface area (Å²) in [7, 11) is 0. The largest absolute Gasteiger partial charge is 0.357 e. The lowest BCUT2D eigenvalue weighted by Gasteiger charge is -1.99. The highest BCUT2D eigenvalue weighted by atomic mass is 79.9. The third kappa shape index (κ3) is 4.43. The zero-order chi connectivity index (χ0) is 14.4. The van der Waals surface area contributed by atoms with Gasteiger partial charge < -0.3 is 5.32 Å². The molecule has 0 unspecified atom stereocenters. The molecule has 0 aliphatic rings. The van der Waals surface area contributed by atoms with Crippen LogP contribution in [0.15, 0.2) is 45.7 Å². The first-order chi connectivity index (χ1) is 9.69. The molecule has 0 saturated carbocycles. The number of nitrogens with one attached hydrogen (secondary N) is 1. The maximum atomic E-state index is 12.0. The number of nitrogens with zero attached hydrogens (tertiary/aromatic N) is 2. The number of hydrogen-bond acceptors (Lipinski definition) is 6. The second-order valence-electron chi connectivity index (χ2n) is 3.76.